The number of ether oxygens (including phenoxy) is 3. The predicted molar refractivity (Wildman–Crippen MR) is 82.7 cm³/mol. The molecular weight excluding hydrogens is 304 g/mol. The fraction of sp³-hybridized carbons (Fsp3) is 0.200. The van der Waals surface area contributed by atoms with Gasteiger partial charge < -0.3 is 14.2 Å². The molecule has 0 unspecified atom stereocenters. The second kappa shape index (κ2) is 6.48. The lowest BCUT2D eigenvalue weighted by Crippen LogP contribution is -2.21. The van der Waals surface area contributed by atoms with Gasteiger partial charge in [0, 0.05) is 10.9 Å². The first-order valence-corrected chi connectivity index (χ1v) is 7.50. The molecule has 0 aliphatic carbocycles. The van der Waals surface area contributed by atoms with Crippen molar-refractivity contribution < 1.29 is 19.0 Å². The third-order valence-corrected chi connectivity index (χ3v) is 3.72. The van der Waals surface area contributed by atoms with Crippen molar-refractivity contribution >= 4 is 22.4 Å². The second-order valence-electron chi connectivity index (χ2n) is 4.43. The lowest BCUT2D eigenvalue weighted by atomic mass is 10.2. The summed E-state index contributed by atoms with van der Waals surface area (Å²) >= 11 is 1.34. The van der Waals surface area contributed by atoms with Crippen LogP contribution in [0.25, 0.3) is 11.3 Å². The van der Waals surface area contributed by atoms with Gasteiger partial charge in [-0.15, -0.1) is 11.3 Å². The van der Waals surface area contributed by atoms with Crippen molar-refractivity contribution in [1.29, 1.82) is 0 Å². The Kier molecular flexibility index (Phi) is 4.24. The number of carbonyl (C=O) groups excluding carboxylic acids is 1. The average Bonchev–Trinajstić information content (AvgIpc) is 3.04. The average molecular weight is 318 g/mol. The van der Waals surface area contributed by atoms with Crippen molar-refractivity contribution in [3.63, 3.8) is 0 Å². The van der Waals surface area contributed by atoms with Gasteiger partial charge in [-0.3, -0.25) is 10.1 Å². The number of carbonyl (C=O) groups is 1. The third-order valence-electron chi connectivity index (χ3n) is 2.96. The van der Waals surface area contributed by atoms with Gasteiger partial charge in [0.05, 0.1) is 12.8 Å². The van der Waals surface area contributed by atoms with Crippen LogP contribution in [0.15, 0.2) is 41.7 Å². The number of nitrogens with zero attached hydrogens (tertiary/aromatic N) is 1. The summed E-state index contributed by atoms with van der Waals surface area (Å²) in [5.74, 6) is 0.546. The monoisotopic (exact) mass is 318 g/mol. The first kappa shape index (κ1) is 14.4. The number of benzene rings is 1. The Bertz CT molecular complexity index is 711. The molecule has 3 rings (SSSR count). The van der Waals surface area contributed by atoms with Crippen molar-refractivity contribution in [2.75, 3.05) is 25.6 Å². The minimum atomic E-state index is -0.369. The zero-order chi connectivity index (χ0) is 15.4. The molecule has 0 bridgehead atoms. The molecule has 0 saturated carbocycles. The van der Waals surface area contributed by atoms with Gasteiger partial charge in [-0.2, -0.15) is 0 Å². The van der Waals surface area contributed by atoms with Gasteiger partial charge in [0.2, 0.25) is 5.76 Å². The van der Waals surface area contributed by atoms with Crippen LogP contribution in [0.4, 0.5) is 5.13 Å². The smallest absolute Gasteiger partial charge is 0.295 e. The maximum Gasteiger partial charge on any atom is 0.295 e. The van der Waals surface area contributed by atoms with E-state index in [1.54, 1.807) is 7.11 Å². The SMILES string of the molecule is COc1cccc(-c2csc(NC(=O)C3=COCCO3)n2)c1. The molecule has 0 atom stereocenters. The van der Waals surface area contributed by atoms with E-state index in [2.05, 4.69) is 10.3 Å². The summed E-state index contributed by atoms with van der Waals surface area (Å²) in [5.41, 5.74) is 1.70. The Morgan fingerprint density at radius 2 is 2.32 bits per heavy atom. The van der Waals surface area contributed by atoms with E-state index in [0.29, 0.717) is 18.3 Å². The molecule has 1 aliphatic rings. The number of rotatable bonds is 4. The molecule has 114 valence electrons. The molecule has 0 spiro atoms. The van der Waals surface area contributed by atoms with Crippen LogP contribution >= 0.6 is 11.3 Å². The Morgan fingerprint density at radius 1 is 1.41 bits per heavy atom. The van der Waals surface area contributed by atoms with Gasteiger partial charge >= 0.3 is 0 Å². The Morgan fingerprint density at radius 3 is 3.09 bits per heavy atom. The maximum atomic E-state index is 12.0. The summed E-state index contributed by atoms with van der Waals surface area (Å²) < 4.78 is 15.5. The highest BCUT2D eigenvalue weighted by Crippen LogP contribution is 2.27. The van der Waals surface area contributed by atoms with E-state index < -0.39 is 0 Å². The molecule has 7 heteroatoms. The van der Waals surface area contributed by atoms with E-state index >= 15 is 0 Å². The number of thiazole rings is 1. The van der Waals surface area contributed by atoms with Crippen molar-refractivity contribution in [3.05, 3.63) is 41.7 Å². The summed E-state index contributed by atoms with van der Waals surface area (Å²) in [6.45, 7) is 0.820. The van der Waals surface area contributed by atoms with E-state index in [4.69, 9.17) is 14.2 Å². The molecular formula is C15H14N2O4S. The molecule has 0 fully saturated rings. The fourth-order valence-electron chi connectivity index (χ4n) is 1.89. The molecule has 1 amide bonds. The summed E-state index contributed by atoms with van der Waals surface area (Å²) in [7, 11) is 1.62. The standard InChI is InChI=1S/C15H14N2O4S/c1-19-11-4-2-3-10(7-11)12-9-22-15(16-12)17-14(18)13-8-20-5-6-21-13/h2-4,7-9H,5-6H2,1H3,(H,16,17,18). The summed E-state index contributed by atoms with van der Waals surface area (Å²) in [4.78, 5) is 16.4. The highest BCUT2D eigenvalue weighted by atomic mass is 32.1. The van der Waals surface area contributed by atoms with Crippen molar-refractivity contribution in [2.45, 2.75) is 0 Å². The third kappa shape index (κ3) is 3.20. The predicted octanol–water partition coefficient (Wildman–Crippen LogP) is 2.65. The van der Waals surface area contributed by atoms with E-state index in [-0.39, 0.29) is 11.7 Å². The first-order valence-electron chi connectivity index (χ1n) is 6.62. The number of hydrogen-bond acceptors (Lipinski definition) is 6. The van der Waals surface area contributed by atoms with Crippen LogP contribution < -0.4 is 10.1 Å². The number of aromatic nitrogens is 1. The van der Waals surface area contributed by atoms with Crippen molar-refractivity contribution in [3.8, 4) is 17.0 Å². The molecule has 6 nitrogen and oxygen atoms in total. The summed E-state index contributed by atoms with van der Waals surface area (Å²) in [6, 6.07) is 7.58. The Hall–Kier alpha value is -2.54. The molecule has 1 N–H and O–H groups in total. The van der Waals surface area contributed by atoms with Crippen LogP contribution in [0.1, 0.15) is 0 Å². The summed E-state index contributed by atoms with van der Waals surface area (Å²) in [5, 5.41) is 5.06. The van der Waals surface area contributed by atoms with Crippen LogP contribution in [0.5, 0.6) is 5.75 Å². The van der Waals surface area contributed by atoms with Gasteiger partial charge in [0.15, 0.2) is 5.13 Å². The lowest BCUT2D eigenvalue weighted by molar-refractivity contribution is -0.117. The maximum absolute atomic E-state index is 12.0. The first-order chi connectivity index (χ1) is 10.8. The number of anilines is 1. The van der Waals surface area contributed by atoms with Crippen LogP contribution in [0.3, 0.4) is 0 Å². The minimum absolute atomic E-state index is 0.157. The van der Waals surface area contributed by atoms with Gasteiger partial charge in [0.25, 0.3) is 5.91 Å². The van der Waals surface area contributed by atoms with Crippen LogP contribution in [0, 0.1) is 0 Å². The fourth-order valence-corrected chi connectivity index (χ4v) is 2.61. The van der Waals surface area contributed by atoms with Crippen LogP contribution in [-0.4, -0.2) is 31.2 Å². The number of methoxy groups -OCH3 is 1. The van der Waals surface area contributed by atoms with Gasteiger partial charge in [-0.05, 0) is 12.1 Å². The molecule has 1 aromatic carbocycles. The van der Waals surface area contributed by atoms with E-state index in [1.165, 1.54) is 17.6 Å². The van der Waals surface area contributed by atoms with Crippen LogP contribution in [0.2, 0.25) is 0 Å². The molecule has 22 heavy (non-hydrogen) atoms. The van der Waals surface area contributed by atoms with Gasteiger partial charge in [0.1, 0.15) is 25.2 Å². The number of nitrogens with one attached hydrogen (secondary N) is 1. The normalized spacial score (nSPS) is 13.6. The molecule has 2 heterocycles. The minimum Gasteiger partial charge on any atom is -0.497 e. The molecule has 0 saturated heterocycles. The van der Waals surface area contributed by atoms with Crippen LogP contribution in [-0.2, 0) is 14.3 Å². The Labute approximate surface area is 131 Å². The highest BCUT2D eigenvalue weighted by Gasteiger charge is 2.16. The lowest BCUT2D eigenvalue weighted by Gasteiger charge is -2.14. The zero-order valence-corrected chi connectivity index (χ0v) is 12.7. The zero-order valence-electron chi connectivity index (χ0n) is 11.9. The molecule has 1 aromatic heterocycles. The molecule has 1 aliphatic heterocycles. The van der Waals surface area contributed by atoms with E-state index in [0.717, 1.165) is 17.0 Å². The van der Waals surface area contributed by atoms with Gasteiger partial charge in [-0.25, -0.2) is 4.98 Å². The van der Waals surface area contributed by atoms with Crippen molar-refractivity contribution in [1.82, 2.24) is 4.98 Å². The van der Waals surface area contributed by atoms with Gasteiger partial charge in [-0.1, -0.05) is 12.1 Å². The topological polar surface area (TPSA) is 69.7 Å². The largest absolute Gasteiger partial charge is 0.497 e. The molecule has 2 aromatic rings. The Balaban J connectivity index is 1.73. The number of hydrogen-bond donors (Lipinski definition) is 1. The van der Waals surface area contributed by atoms with E-state index in [1.807, 2.05) is 29.6 Å². The summed E-state index contributed by atoms with van der Waals surface area (Å²) in [6.07, 6.45) is 1.31. The van der Waals surface area contributed by atoms with E-state index in [9.17, 15) is 4.79 Å². The molecule has 0 radical (unpaired) electrons. The quantitative estimate of drug-likeness (QED) is 0.938. The van der Waals surface area contributed by atoms with Crippen molar-refractivity contribution in [2.24, 2.45) is 0 Å². The highest BCUT2D eigenvalue weighted by molar-refractivity contribution is 7.14. The second-order valence-corrected chi connectivity index (χ2v) is 5.28. The number of amides is 1.